The number of benzene rings is 1. The Labute approximate surface area is 191 Å². The number of allylic oxidation sites excluding steroid dienone is 3. The highest BCUT2D eigenvalue weighted by Crippen LogP contribution is 2.51. The normalized spacial score (nSPS) is 24.0. The number of nitrogens with zero attached hydrogens (tertiary/aromatic N) is 1. The third kappa shape index (κ3) is 4.48. The second-order valence-electron chi connectivity index (χ2n) is 9.16. The summed E-state index contributed by atoms with van der Waals surface area (Å²) in [5, 5.41) is 0. The molecule has 0 spiro atoms. The second kappa shape index (κ2) is 9.68. The van der Waals surface area contributed by atoms with Crippen LogP contribution in [0.5, 0.6) is 0 Å². The number of rotatable bonds is 7. The maximum atomic E-state index is 12.1. The lowest BCUT2D eigenvalue weighted by molar-refractivity contribution is 0.413. The van der Waals surface area contributed by atoms with Crippen LogP contribution in [0.25, 0.3) is 6.08 Å². The average Bonchev–Trinajstić information content (AvgIpc) is 2.77. The van der Waals surface area contributed by atoms with Gasteiger partial charge >= 0.3 is 0 Å². The molecule has 166 valence electrons. The van der Waals surface area contributed by atoms with E-state index < -0.39 is 5.54 Å². The van der Waals surface area contributed by atoms with E-state index in [-0.39, 0.29) is 11.5 Å². The molecule has 2 bridgehead atoms. The van der Waals surface area contributed by atoms with Crippen LogP contribution in [0.1, 0.15) is 69.7 Å². The fourth-order valence-corrected chi connectivity index (χ4v) is 5.36. The molecule has 1 aromatic heterocycles. The van der Waals surface area contributed by atoms with Crippen LogP contribution in [0.15, 0.2) is 81.1 Å². The highest BCUT2D eigenvalue weighted by molar-refractivity contribution is 5.86. The first-order valence-electron chi connectivity index (χ1n) is 11.9. The van der Waals surface area contributed by atoms with Crippen molar-refractivity contribution in [2.24, 2.45) is 10.9 Å². The maximum Gasteiger partial charge on any atom is 0.248 e. The number of nitrogens with one attached hydrogen (secondary N) is 1. The molecule has 1 heterocycles. The summed E-state index contributed by atoms with van der Waals surface area (Å²) < 4.78 is 0. The molecule has 0 radical (unpaired) electrons. The molecule has 32 heavy (non-hydrogen) atoms. The van der Waals surface area contributed by atoms with Crippen molar-refractivity contribution in [3.8, 4) is 0 Å². The van der Waals surface area contributed by atoms with Gasteiger partial charge in [-0.15, -0.1) is 0 Å². The number of unbranched alkanes of at least 4 members (excludes halogenated alkanes) is 2. The van der Waals surface area contributed by atoms with E-state index in [4.69, 9.17) is 4.99 Å². The SMILES string of the molecule is C/C=C1\[C@H]2C=C(C)C[C@]1(N=C/C(=C/c1ccccc1)CCCCC)c1ccc(=O)[nH]c1C2. The molecule has 4 rings (SSSR count). The van der Waals surface area contributed by atoms with Gasteiger partial charge < -0.3 is 4.98 Å². The van der Waals surface area contributed by atoms with Gasteiger partial charge in [-0.3, -0.25) is 9.79 Å². The number of hydrogen-bond donors (Lipinski definition) is 1. The second-order valence-corrected chi connectivity index (χ2v) is 9.16. The van der Waals surface area contributed by atoms with Crippen molar-refractivity contribution < 1.29 is 0 Å². The highest BCUT2D eigenvalue weighted by atomic mass is 16.1. The van der Waals surface area contributed by atoms with Crippen molar-refractivity contribution in [2.45, 2.75) is 64.8 Å². The number of pyridine rings is 1. The van der Waals surface area contributed by atoms with Gasteiger partial charge in [0.15, 0.2) is 0 Å². The molecule has 0 saturated carbocycles. The highest BCUT2D eigenvalue weighted by Gasteiger charge is 2.46. The van der Waals surface area contributed by atoms with E-state index in [1.54, 1.807) is 6.07 Å². The van der Waals surface area contributed by atoms with Crippen molar-refractivity contribution in [2.75, 3.05) is 0 Å². The molecular formula is C29H34N2O. The summed E-state index contributed by atoms with van der Waals surface area (Å²) in [5.74, 6) is 0.290. The molecule has 2 atom stereocenters. The molecule has 0 unspecified atom stereocenters. The summed E-state index contributed by atoms with van der Waals surface area (Å²) in [4.78, 5) is 20.5. The van der Waals surface area contributed by atoms with Gasteiger partial charge in [-0.2, -0.15) is 0 Å². The van der Waals surface area contributed by atoms with Crippen LogP contribution in [-0.4, -0.2) is 11.2 Å². The molecule has 2 aliphatic carbocycles. The molecule has 0 aliphatic heterocycles. The molecule has 2 aromatic rings. The molecule has 0 fully saturated rings. The number of aromatic nitrogens is 1. The van der Waals surface area contributed by atoms with Crippen LogP contribution in [-0.2, 0) is 12.0 Å². The van der Waals surface area contributed by atoms with Gasteiger partial charge in [-0.1, -0.05) is 73.9 Å². The minimum Gasteiger partial charge on any atom is -0.326 e. The van der Waals surface area contributed by atoms with Crippen molar-refractivity contribution in [3.63, 3.8) is 0 Å². The Bertz CT molecular complexity index is 1130. The predicted molar refractivity (Wildman–Crippen MR) is 135 cm³/mol. The van der Waals surface area contributed by atoms with Crippen molar-refractivity contribution in [1.82, 2.24) is 4.98 Å². The van der Waals surface area contributed by atoms with Gasteiger partial charge in [-0.25, -0.2) is 0 Å². The predicted octanol–water partition coefficient (Wildman–Crippen LogP) is 6.77. The average molecular weight is 427 g/mol. The Morgan fingerprint density at radius 1 is 1.19 bits per heavy atom. The zero-order valence-electron chi connectivity index (χ0n) is 19.5. The van der Waals surface area contributed by atoms with Gasteiger partial charge in [0.2, 0.25) is 5.56 Å². The lowest BCUT2D eigenvalue weighted by atomic mass is 9.63. The Kier molecular flexibility index (Phi) is 6.74. The van der Waals surface area contributed by atoms with Gasteiger partial charge in [0.25, 0.3) is 0 Å². The monoisotopic (exact) mass is 426 g/mol. The Balaban J connectivity index is 1.80. The van der Waals surface area contributed by atoms with E-state index in [1.165, 1.54) is 35.1 Å². The molecule has 1 N–H and O–H groups in total. The van der Waals surface area contributed by atoms with Crippen LogP contribution in [0, 0.1) is 5.92 Å². The summed E-state index contributed by atoms with van der Waals surface area (Å²) in [5.41, 5.74) is 6.91. The van der Waals surface area contributed by atoms with Crippen LogP contribution in [0.4, 0.5) is 0 Å². The smallest absolute Gasteiger partial charge is 0.248 e. The summed E-state index contributed by atoms with van der Waals surface area (Å²) in [6.45, 7) is 6.57. The van der Waals surface area contributed by atoms with E-state index in [1.807, 2.05) is 6.07 Å². The van der Waals surface area contributed by atoms with E-state index in [0.717, 1.165) is 36.9 Å². The van der Waals surface area contributed by atoms with E-state index in [0.29, 0.717) is 0 Å². The minimum absolute atomic E-state index is 0.0326. The number of aromatic amines is 1. The molecule has 1 aromatic carbocycles. The first-order valence-corrected chi connectivity index (χ1v) is 11.9. The quantitative estimate of drug-likeness (QED) is 0.296. The summed E-state index contributed by atoms with van der Waals surface area (Å²) in [6.07, 6.45) is 15.3. The van der Waals surface area contributed by atoms with Crippen molar-refractivity contribution >= 4 is 12.3 Å². The number of aliphatic imine (C=N–C) groups is 1. The fraction of sp³-hybridized carbons (Fsp3) is 0.379. The standard InChI is InChI=1S/C29H34N2O/c1-4-6-8-13-23(17-22-11-9-7-10-12-22)20-30-29-19-21(3)16-24(25(29)5-2)18-27-26(29)14-15-28(32)31-27/h5,7,9-12,14-17,20,24H,4,6,8,13,18-19H2,1-3H3,(H,31,32)/b23-17+,25-5+,30-20?/t24-,29+/m0/s1. The first kappa shape index (κ1) is 22.3. The zero-order chi connectivity index (χ0) is 22.6. The van der Waals surface area contributed by atoms with Crippen LogP contribution < -0.4 is 5.56 Å². The third-order valence-corrected chi connectivity index (χ3v) is 6.75. The van der Waals surface area contributed by atoms with Crippen LogP contribution >= 0.6 is 0 Å². The lowest BCUT2D eigenvalue weighted by Crippen LogP contribution is -2.40. The van der Waals surface area contributed by atoms with Crippen LogP contribution in [0.2, 0.25) is 0 Å². The number of H-pyrrole nitrogens is 1. The molecule has 0 saturated heterocycles. The molecule has 2 aliphatic rings. The molecule has 3 nitrogen and oxygen atoms in total. The molecular weight excluding hydrogens is 392 g/mol. The van der Waals surface area contributed by atoms with Gasteiger partial charge in [0.05, 0.1) is 0 Å². The first-order chi connectivity index (χ1) is 15.6. The van der Waals surface area contributed by atoms with Gasteiger partial charge in [-0.05, 0) is 55.9 Å². The Morgan fingerprint density at radius 3 is 2.75 bits per heavy atom. The van der Waals surface area contributed by atoms with E-state index in [2.05, 4.69) is 80.5 Å². The van der Waals surface area contributed by atoms with Crippen LogP contribution in [0.3, 0.4) is 0 Å². The zero-order valence-corrected chi connectivity index (χ0v) is 19.5. The van der Waals surface area contributed by atoms with E-state index in [9.17, 15) is 4.79 Å². The van der Waals surface area contributed by atoms with Gasteiger partial charge in [0.1, 0.15) is 5.54 Å². The minimum atomic E-state index is -0.434. The Morgan fingerprint density at radius 2 is 2.00 bits per heavy atom. The summed E-state index contributed by atoms with van der Waals surface area (Å²) in [7, 11) is 0. The lowest BCUT2D eigenvalue weighted by Gasteiger charge is -2.45. The van der Waals surface area contributed by atoms with Crippen molar-refractivity contribution in [1.29, 1.82) is 0 Å². The topological polar surface area (TPSA) is 45.2 Å². The number of hydrogen-bond acceptors (Lipinski definition) is 2. The Hall–Kier alpha value is -2.94. The summed E-state index contributed by atoms with van der Waals surface area (Å²) >= 11 is 0. The summed E-state index contributed by atoms with van der Waals surface area (Å²) in [6, 6.07) is 14.2. The molecule has 0 amide bonds. The fourth-order valence-electron chi connectivity index (χ4n) is 5.36. The van der Waals surface area contributed by atoms with Gasteiger partial charge in [0, 0.05) is 35.9 Å². The largest absolute Gasteiger partial charge is 0.326 e. The van der Waals surface area contributed by atoms with Crippen molar-refractivity contribution in [3.05, 3.63) is 98.5 Å². The van der Waals surface area contributed by atoms with E-state index >= 15 is 0 Å². The number of fused-ring (bicyclic) bond motifs is 4. The molecule has 3 heteroatoms. The third-order valence-electron chi connectivity index (χ3n) is 6.75. The maximum absolute atomic E-state index is 12.1.